The van der Waals surface area contributed by atoms with Crippen LogP contribution in [0, 0.1) is 12.7 Å². The van der Waals surface area contributed by atoms with Crippen molar-refractivity contribution >= 4 is 22.6 Å². The summed E-state index contributed by atoms with van der Waals surface area (Å²) in [5.74, 6) is 2.42. The Morgan fingerprint density at radius 1 is 1.04 bits per heavy atom. The Balaban J connectivity index is 1.000. The lowest BCUT2D eigenvalue weighted by atomic mass is 9.88. The number of para-hydroxylation sites is 1. The standard InChI is InChI=1S/C34H34ClFN6O3/c1-20-37-33(40-39-20)22-6-9-29-28(16-22)38-31(42(29)18-24-12-15-43-24)19-41-13-10-21(11-14-41)25-4-3-5-30-32(25)45-34(2,44-30)26-8-7-23(35)17-27(26)36/h3-9,16-17,21,24H,10-15,18-19H2,1-2H3,(H,37,39,40)/t24-,34?/m0/s1. The molecule has 0 aliphatic carbocycles. The zero-order valence-electron chi connectivity index (χ0n) is 25.2. The molecule has 232 valence electrons. The molecule has 1 N–H and O–H groups in total. The molecule has 8 rings (SSSR count). The highest BCUT2D eigenvalue weighted by atomic mass is 35.5. The van der Waals surface area contributed by atoms with Crippen molar-refractivity contribution in [2.45, 2.75) is 64.0 Å². The maximum atomic E-state index is 14.9. The molecule has 0 amide bonds. The minimum atomic E-state index is -1.26. The van der Waals surface area contributed by atoms with Gasteiger partial charge in [-0.2, -0.15) is 5.10 Å². The number of likely N-dealkylation sites (tertiary alicyclic amines) is 1. The molecule has 5 heterocycles. The van der Waals surface area contributed by atoms with Gasteiger partial charge in [0.25, 0.3) is 5.79 Å². The summed E-state index contributed by atoms with van der Waals surface area (Å²) in [4.78, 5) is 12.1. The van der Waals surface area contributed by atoms with Crippen molar-refractivity contribution in [3.8, 4) is 22.9 Å². The number of imidazole rings is 1. The number of aromatic amines is 1. The van der Waals surface area contributed by atoms with Gasteiger partial charge in [0.15, 0.2) is 17.3 Å². The SMILES string of the molecule is Cc1nc(-c2ccc3c(c2)nc(CN2CCC(c4cccc5c4OC(C)(c4ccc(Cl)cc4F)O5)CC2)n3C[C@@H]2CCO2)n[nH]1. The number of halogens is 2. The average Bonchev–Trinajstić information content (AvgIpc) is 3.69. The zero-order valence-corrected chi connectivity index (χ0v) is 26.0. The Labute approximate surface area is 265 Å². The lowest BCUT2D eigenvalue weighted by Crippen LogP contribution is -2.35. The van der Waals surface area contributed by atoms with E-state index in [-0.39, 0.29) is 6.10 Å². The van der Waals surface area contributed by atoms with E-state index >= 15 is 0 Å². The van der Waals surface area contributed by atoms with E-state index in [4.69, 9.17) is 30.8 Å². The van der Waals surface area contributed by atoms with Crippen molar-refractivity contribution in [2.75, 3.05) is 19.7 Å². The maximum Gasteiger partial charge on any atom is 0.278 e. The molecule has 2 aromatic heterocycles. The fourth-order valence-electron chi connectivity index (χ4n) is 6.79. The van der Waals surface area contributed by atoms with Gasteiger partial charge < -0.3 is 18.8 Å². The van der Waals surface area contributed by atoms with E-state index in [1.165, 1.54) is 6.07 Å². The van der Waals surface area contributed by atoms with Crippen molar-refractivity contribution in [3.05, 3.63) is 88.2 Å². The van der Waals surface area contributed by atoms with Crippen molar-refractivity contribution in [1.82, 2.24) is 29.6 Å². The van der Waals surface area contributed by atoms with Gasteiger partial charge >= 0.3 is 0 Å². The van der Waals surface area contributed by atoms with Gasteiger partial charge in [-0.1, -0.05) is 23.7 Å². The lowest BCUT2D eigenvalue weighted by Gasteiger charge is -2.33. The molecule has 11 heteroatoms. The van der Waals surface area contributed by atoms with E-state index < -0.39 is 11.6 Å². The Hall–Kier alpha value is -3.99. The highest BCUT2D eigenvalue weighted by molar-refractivity contribution is 6.30. The summed E-state index contributed by atoms with van der Waals surface area (Å²) in [6, 6.07) is 16.8. The molecule has 5 aromatic rings. The number of piperidine rings is 1. The molecular weight excluding hydrogens is 595 g/mol. The van der Waals surface area contributed by atoms with Crippen LogP contribution in [0.5, 0.6) is 11.5 Å². The van der Waals surface area contributed by atoms with Gasteiger partial charge in [0.2, 0.25) is 0 Å². The highest BCUT2D eigenvalue weighted by Gasteiger charge is 2.43. The molecule has 9 nitrogen and oxygen atoms in total. The lowest BCUT2D eigenvalue weighted by molar-refractivity contribution is -0.0712. The minimum absolute atomic E-state index is 0.219. The Morgan fingerprint density at radius 3 is 2.62 bits per heavy atom. The van der Waals surface area contributed by atoms with Crippen molar-refractivity contribution in [2.24, 2.45) is 0 Å². The summed E-state index contributed by atoms with van der Waals surface area (Å²) < 4.78 is 35.6. The van der Waals surface area contributed by atoms with Gasteiger partial charge in [0, 0.05) is 29.7 Å². The summed E-state index contributed by atoms with van der Waals surface area (Å²) in [5.41, 5.74) is 4.41. The van der Waals surface area contributed by atoms with Crippen molar-refractivity contribution in [1.29, 1.82) is 0 Å². The molecule has 0 spiro atoms. The first-order valence-electron chi connectivity index (χ1n) is 15.5. The van der Waals surface area contributed by atoms with Gasteiger partial charge in [-0.25, -0.2) is 14.4 Å². The first kappa shape index (κ1) is 28.5. The first-order valence-corrected chi connectivity index (χ1v) is 15.9. The summed E-state index contributed by atoms with van der Waals surface area (Å²) >= 11 is 6.00. The van der Waals surface area contributed by atoms with Gasteiger partial charge in [0.1, 0.15) is 17.5 Å². The Bertz CT molecular complexity index is 1900. The second kappa shape index (κ2) is 11.1. The number of nitrogens with one attached hydrogen (secondary N) is 1. The second-order valence-electron chi connectivity index (χ2n) is 12.4. The summed E-state index contributed by atoms with van der Waals surface area (Å²) in [6.45, 7) is 7.86. The predicted molar refractivity (Wildman–Crippen MR) is 168 cm³/mol. The molecule has 2 atom stereocenters. The maximum absolute atomic E-state index is 14.9. The van der Waals surface area contributed by atoms with Crippen LogP contribution in [0.2, 0.25) is 5.02 Å². The quantitative estimate of drug-likeness (QED) is 0.214. The topological polar surface area (TPSA) is 90.3 Å². The molecule has 0 saturated carbocycles. The largest absolute Gasteiger partial charge is 0.444 e. The summed E-state index contributed by atoms with van der Waals surface area (Å²) in [5, 5.41) is 7.59. The molecular formula is C34H34ClFN6O3. The van der Waals surface area contributed by atoms with Crippen LogP contribution in [0.4, 0.5) is 4.39 Å². The van der Waals surface area contributed by atoms with Crippen LogP contribution < -0.4 is 9.47 Å². The van der Waals surface area contributed by atoms with E-state index in [9.17, 15) is 4.39 Å². The van der Waals surface area contributed by atoms with Crippen LogP contribution >= 0.6 is 11.6 Å². The van der Waals surface area contributed by atoms with Crippen LogP contribution in [0.15, 0.2) is 54.6 Å². The van der Waals surface area contributed by atoms with E-state index in [1.54, 1.807) is 19.1 Å². The number of aryl methyl sites for hydroxylation is 1. The fraction of sp³-hybridized carbons (Fsp3) is 0.382. The molecule has 1 unspecified atom stereocenters. The molecule has 3 aromatic carbocycles. The molecule has 2 saturated heterocycles. The van der Waals surface area contributed by atoms with Crippen LogP contribution in [-0.2, 0) is 23.6 Å². The number of H-pyrrole nitrogens is 1. The molecule has 3 aliphatic rings. The monoisotopic (exact) mass is 628 g/mol. The van der Waals surface area contributed by atoms with Crippen molar-refractivity contribution in [3.63, 3.8) is 0 Å². The summed E-state index contributed by atoms with van der Waals surface area (Å²) in [7, 11) is 0. The van der Waals surface area contributed by atoms with Gasteiger partial charge in [-0.3, -0.25) is 10.00 Å². The number of aromatic nitrogens is 5. The van der Waals surface area contributed by atoms with E-state index in [0.717, 1.165) is 85.9 Å². The molecule has 0 bridgehead atoms. The molecule has 0 radical (unpaired) electrons. The van der Waals surface area contributed by atoms with Crippen LogP contribution in [0.1, 0.15) is 54.9 Å². The fourth-order valence-corrected chi connectivity index (χ4v) is 6.95. The third-order valence-electron chi connectivity index (χ3n) is 9.29. The van der Waals surface area contributed by atoms with E-state index in [1.807, 2.05) is 19.1 Å². The number of nitrogens with zero attached hydrogens (tertiary/aromatic N) is 5. The predicted octanol–water partition coefficient (Wildman–Crippen LogP) is 6.73. The number of benzene rings is 3. The van der Waals surface area contributed by atoms with E-state index in [0.29, 0.717) is 33.8 Å². The average molecular weight is 629 g/mol. The van der Waals surface area contributed by atoms with Crippen LogP contribution in [-0.4, -0.2) is 55.4 Å². The van der Waals surface area contributed by atoms with Gasteiger partial charge in [-0.05, 0) is 87.7 Å². The van der Waals surface area contributed by atoms with Crippen molar-refractivity contribution < 1.29 is 18.6 Å². The molecule has 3 aliphatic heterocycles. The third kappa shape index (κ3) is 5.24. The minimum Gasteiger partial charge on any atom is -0.444 e. The number of hydrogen-bond acceptors (Lipinski definition) is 7. The number of rotatable bonds is 7. The first-order chi connectivity index (χ1) is 21.8. The Kier molecular flexibility index (Phi) is 7.04. The van der Waals surface area contributed by atoms with Gasteiger partial charge in [-0.15, -0.1) is 0 Å². The molecule has 45 heavy (non-hydrogen) atoms. The zero-order chi connectivity index (χ0) is 30.7. The molecule has 2 fully saturated rings. The normalized spacial score (nSPS) is 21.8. The van der Waals surface area contributed by atoms with Gasteiger partial charge in [0.05, 0.1) is 35.8 Å². The summed E-state index contributed by atoms with van der Waals surface area (Å²) in [6.07, 6.45) is 3.21. The smallest absolute Gasteiger partial charge is 0.278 e. The van der Waals surface area contributed by atoms with E-state index in [2.05, 4.69) is 48.9 Å². The second-order valence-corrected chi connectivity index (χ2v) is 12.8. The van der Waals surface area contributed by atoms with Crippen LogP contribution in [0.25, 0.3) is 22.4 Å². The number of ether oxygens (including phenoxy) is 3. The number of fused-ring (bicyclic) bond motifs is 2. The highest BCUT2D eigenvalue weighted by Crippen LogP contribution is 2.50. The number of hydrogen-bond donors (Lipinski definition) is 1. The van der Waals surface area contributed by atoms with Crippen LogP contribution in [0.3, 0.4) is 0 Å². The Morgan fingerprint density at radius 2 is 1.89 bits per heavy atom. The third-order valence-corrected chi connectivity index (χ3v) is 9.52.